The second-order valence-corrected chi connectivity index (χ2v) is 7.37. The van der Waals surface area contributed by atoms with E-state index in [1.807, 2.05) is 12.3 Å². The third-order valence-corrected chi connectivity index (χ3v) is 4.41. The van der Waals surface area contributed by atoms with Crippen molar-refractivity contribution in [3.8, 4) is 0 Å². The molecule has 2 heterocycles. The first kappa shape index (κ1) is 17.2. The highest BCUT2D eigenvalue weighted by atomic mass is 32.1. The van der Waals surface area contributed by atoms with Crippen molar-refractivity contribution in [3.05, 3.63) is 44.8 Å². The monoisotopic (exact) mass is 334 g/mol. The number of rotatable bonds is 3. The zero-order valence-corrected chi connectivity index (χ0v) is 14.8. The van der Waals surface area contributed by atoms with Gasteiger partial charge in [0.15, 0.2) is 0 Å². The first-order valence-electron chi connectivity index (χ1n) is 7.37. The Morgan fingerprint density at radius 2 is 2.09 bits per heavy atom. The second-order valence-electron chi connectivity index (χ2n) is 6.48. The van der Waals surface area contributed by atoms with Crippen molar-refractivity contribution >= 4 is 23.1 Å². The average molecular weight is 334 g/mol. The van der Waals surface area contributed by atoms with Crippen molar-refractivity contribution in [1.82, 2.24) is 14.9 Å². The summed E-state index contributed by atoms with van der Waals surface area (Å²) in [5, 5.41) is 8.24. The minimum atomic E-state index is -0.423. The van der Waals surface area contributed by atoms with E-state index < -0.39 is 6.03 Å². The summed E-state index contributed by atoms with van der Waals surface area (Å²) in [6, 6.07) is 2.63. The number of aromatic nitrogens is 2. The summed E-state index contributed by atoms with van der Waals surface area (Å²) in [4.78, 5) is 28.5. The molecule has 0 aliphatic carbocycles. The summed E-state index contributed by atoms with van der Waals surface area (Å²) >= 11 is 1.52. The lowest BCUT2D eigenvalue weighted by Gasteiger charge is -2.15. The van der Waals surface area contributed by atoms with Crippen LogP contribution in [0.4, 0.5) is 10.5 Å². The summed E-state index contributed by atoms with van der Waals surface area (Å²) in [6.45, 7) is 8.17. The van der Waals surface area contributed by atoms with E-state index in [4.69, 9.17) is 0 Å². The topological polar surface area (TPSA) is 76.0 Å². The number of thiazole rings is 1. The average Bonchev–Trinajstić information content (AvgIpc) is 2.93. The van der Waals surface area contributed by atoms with Gasteiger partial charge in [0.2, 0.25) is 0 Å². The van der Waals surface area contributed by atoms with Crippen molar-refractivity contribution in [1.29, 1.82) is 0 Å². The maximum atomic E-state index is 12.1. The lowest BCUT2D eigenvalue weighted by atomic mass is 9.93. The quantitative estimate of drug-likeness (QED) is 0.906. The highest BCUT2D eigenvalue weighted by Crippen LogP contribution is 2.26. The number of urea groups is 1. The van der Waals surface area contributed by atoms with Gasteiger partial charge in [0.1, 0.15) is 10.7 Å². The van der Waals surface area contributed by atoms with Crippen LogP contribution in [0.5, 0.6) is 0 Å². The molecule has 2 aromatic heterocycles. The molecule has 23 heavy (non-hydrogen) atoms. The van der Waals surface area contributed by atoms with E-state index >= 15 is 0 Å². The van der Waals surface area contributed by atoms with E-state index in [2.05, 4.69) is 36.4 Å². The number of pyridine rings is 1. The van der Waals surface area contributed by atoms with Gasteiger partial charge in [0.25, 0.3) is 5.56 Å². The van der Waals surface area contributed by atoms with Crippen LogP contribution in [-0.4, -0.2) is 15.6 Å². The number of nitrogens with zero attached hydrogens (tertiary/aromatic N) is 2. The third-order valence-electron chi connectivity index (χ3n) is 3.38. The van der Waals surface area contributed by atoms with Crippen molar-refractivity contribution in [2.45, 2.75) is 39.2 Å². The Labute approximate surface area is 139 Å². The lowest BCUT2D eigenvalue weighted by Crippen LogP contribution is -2.33. The van der Waals surface area contributed by atoms with E-state index in [0.29, 0.717) is 0 Å². The molecule has 0 saturated carbocycles. The summed E-state index contributed by atoms with van der Waals surface area (Å²) in [6.07, 6.45) is 1.64. The Kier molecular flexibility index (Phi) is 4.89. The molecule has 2 aromatic rings. The molecule has 0 aromatic carbocycles. The first-order valence-corrected chi connectivity index (χ1v) is 8.25. The summed E-state index contributed by atoms with van der Waals surface area (Å²) in [5.41, 5.74) is 0.977. The summed E-state index contributed by atoms with van der Waals surface area (Å²) < 4.78 is 1.41. The standard InChI is InChI=1S/C16H22N4O2S/c1-10(13-19-12(9-23-13)16(2,3)4)17-15(22)18-11-7-6-8-20(5)14(11)21/h6-10H,1-5H3,(H2,17,18,22). The van der Waals surface area contributed by atoms with E-state index in [-0.39, 0.29) is 22.7 Å². The Hall–Kier alpha value is -2.15. The summed E-state index contributed by atoms with van der Waals surface area (Å²) in [7, 11) is 1.64. The van der Waals surface area contributed by atoms with Crippen LogP contribution in [0.1, 0.15) is 44.4 Å². The molecule has 2 N–H and O–H groups in total. The van der Waals surface area contributed by atoms with Crippen LogP contribution in [-0.2, 0) is 12.5 Å². The predicted octanol–water partition coefficient (Wildman–Crippen LogP) is 3.02. The van der Waals surface area contributed by atoms with E-state index in [1.54, 1.807) is 25.4 Å². The van der Waals surface area contributed by atoms with E-state index in [0.717, 1.165) is 10.7 Å². The largest absolute Gasteiger partial charge is 0.329 e. The molecule has 0 aliphatic rings. The van der Waals surface area contributed by atoms with Crippen molar-refractivity contribution in [3.63, 3.8) is 0 Å². The molecule has 0 bridgehead atoms. The number of carbonyl (C=O) groups excluding carboxylic acids is 1. The molecule has 0 aliphatic heterocycles. The minimum Gasteiger partial charge on any atom is -0.329 e. The zero-order chi connectivity index (χ0) is 17.2. The molecule has 0 fully saturated rings. The molecule has 1 unspecified atom stereocenters. The number of hydrogen-bond acceptors (Lipinski definition) is 4. The lowest BCUT2D eigenvalue weighted by molar-refractivity contribution is 0.249. The van der Waals surface area contributed by atoms with Crippen molar-refractivity contribution < 1.29 is 4.79 Å². The molecule has 2 amide bonds. The van der Waals surface area contributed by atoms with Gasteiger partial charge in [-0.1, -0.05) is 20.8 Å². The number of anilines is 1. The van der Waals surface area contributed by atoms with Crippen LogP contribution >= 0.6 is 11.3 Å². The van der Waals surface area contributed by atoms with Gasteiger partial charge in [-0.25, -0.2) is 9.78 Å². The molecule has 6 nitrogen and oxygen atoms in total. The number of nitrogens with one attached hydrogen (secondary N) is 2. The smallest absolute Gasteiger partial charge is 0.319 e. The van der Waals surface area contributed by atoms with Crippen LogP contribution in [0.25, 0.3) is 0 Å². The van der Waals surface area contributed by atoms with Crippen molar-refractivity contribution in [2.75, 3.05) is 5.32 Å². The van der Waals surface area contributed by atoms with Crippen LogP contribution in [0.3, 0.4) is 0 Å². The fourth-order valence-corrected chi connectivity index (χ4v) is 2.99. The third kappa shape index (κ3) is 4.19. The van der Waals surface area contributed by atoms with Gasteiger partial charge in [-0.05, 0) is 19.1 Å². The van der Waals surface area contributed by atoms with Gasteiger partial charge in [0, 0.05) is 24.0 Å². The highest BCUT2D eigenvalue weighted by Gasteiger charge is 2.20. The van der Waals surface area contributed by atoms with Gasteiger partial charge in [-0.2, -0.15) is 0 Å². The van der Waals surface area contributed by atoms with Crippen LogP contribution in [0, 0.1) is 0 Å². The number of hydrogen-bond donors (Lipinski definition) is 2. The van der Waals surface area contributed by atoms with Gasteiger partial charge < -0.3 is 15.2 Å². The van der Waals surface area contributed by atoms with Gasteiger partial charge >= 0.3 is 6.03 Å². The Balaban J connectivity index is 2.04. The molecular formula is C16H22N4O2S. The van der Waals surface area contributed by atoms with E-state index in [9.17, 15) is 9.59 Å². The fourth-order valence-electron chi connectivity index (χ4n) is 1.94. The molecule has 1 atom stereocenters. The normalized spacial score (nSPS) is 12.7. The minimum absolute atomic E-state index is 0.0209. The van der Waals surface area contributed by atoms with Crippen LogP contribution < -0.4 is 16.2 Å². The number of aryl methyl sites for hydroxylation is 1. The maximum absolute atomic E-state index is 12.1. The Bertz CT molecular complexity index is 758. The second kappa shape index (κ2) is 6.54. The molecule has 2 rings (SSSR count). The molecular weight excluding hydrogens is 312 g/mol. The first-order chi connectivity index (χ1) is 10.7. The summed E-state index contributed by atoms with van der Waals surface area (Å²) in [5.74, 6) is 0. The Morgan fingerprint density at radius 1 is 1.39 bits per heavy atom. The van der Waals surface area contributed by atoms with Crippen LogP contribution in [0.15, 0.2) is 28.5 Å². The van der Waals surface area contributed by atoms with Crippen molar-refractivity contribution in [2.24, 2.45) is 7.05 Å². The molecule has 7 heteroatoms. The number of amides is 2. The maximum Gasteiger partial charge on any atom is 0.319 e. The molecule has 124 valence electrons. The molecule has 0 radical (unpaired) electrons. The fraction of sp³-hybridized carbons (Fsp3) is 0.438. The van der Waals surface area contributed by atoms with Gasteiger partial charge in [-0.3, -0.25) is 4.79 Å². The number of carbonyl (C=O) groups is 1. The molecule has 0 spiro atoms. The predicted molar refractivity (Wildman–Crippen MR) is 93.1 cm³/mol. The van der Waals surface area contributed by atoms with Gasteiger partial charge in [0.05, 0.1) is 11.7 Å². The SMILES string of the molecule is CC(NC(=O)Nc1cccn(C)c1=O)c1nc(C(C)(C)C)cs1. The molecule has 0 saturated heterocycles. The van der Waals surface area contributed by atoms with Gasteiger partial charge in [-0.15, -0.1) is 11.3 Å². The zero-order valence-electron chi connectivity index (χ0n) is 14.0. The highest BCUT2D eigenvalue weighted by molar-refractivity contribution is 7.09. The van der Waals surface area contributed by atoms with E-state index in [1.165, 1.54) is 15.9 Å². The Morgan fingerprint density at radius 3 is 2.70 bits per heavy atom. The van der Waals surface area contributed by atoms with Crippen LogP contribution in [0.2, 0.25) is 0 Å².